The molecule has 0 unspecified atom stereocenters. The van der Waals surface area contributed by atoms with E-state index in [-0.39, 0.29) is 6.61 Å². The lowest BCUT2D eigenvalue weighted by molar-refractivity contribution is -0.177. The zero-order chi connectivity index (χ0) is 14.6. The Balaban J connectivity index is 2.05. The normalized spacial score (nSPS) is 16.6. The van der Waals surface area contributed by atoms with Crippen molar-refractivity contribution in [3.05, 3.63) is 17.6 Å². The van der Waals surface area contributed by atoms with Gasteiger partial charge < -0.3 is 10.1 Å². The highest BCUT2D eigenvalue weighted by molar-refractivity contribution is 5.36. The Kier molecular flexibility index (Phi) is 4.80. The Bertz CT molecular complexity index is 445. The lowest BCUT2D eigenvalue weighted by atomic mass is 10.0. The zero-order valence-corrected chi connectivity index (χ0v) is 11.3. The molecular weight excluding hydrogens is 271 g/mol. The highest BCUT2D eigenvalue weighted by Crippen LogP contribution is 2.33. The summed E-state index contributed by atoms with van der Waals surface area (Å²) >= 11 is 0. The number of halogens is 3. The van der Waals surface area contributed by atoms with Crippen LogP contribution in [-0.4, -0.2) is 29.8 Å². The smallest absolute Gasteiger partial charge is 0.373 e. The van der Waals surface area contributed by atoms with Crippen LogP contribution in [-0.2, 0) is 11.3 Å². The van der Waals surface area contributed by atoms with Crippen molar-refractivity contribution in [3.8, 4) is 0 Å². The van der Waals surface area contributed by atoms with Crippen LogP contribution in [0.4, 0.5) is 19.0 Å². The van der Waals surface area contributed by atoms with Gasteiger partial charge in [-0.3, -0.25) is 0 Å². The Morgan fingerprint density at radius 3 is 2.60 bits per heavy atom. The summed E-state index contributed by atoms with van der Waals surface area (Å²) < 4.78 is 40.8. The number of rotatable bonds is 5. The number of hydrogen-bond acceptors (Lipinski definition) is 4. The number of nitrogens with zero attached hydrogens (tertiary/aromatic N) is 2. The molecule has 1 aliphatic rings. The van der Waals surface area contributed by atoms with Crippen LogP contribution in [0.1, 0.15) is 43.1 Å². The van der Waals surface area contributed by atoms with E-state index in [2.05, 4.69) is 20.0 Å². The van der Waals surface area contributed by atoms with E-state index in [1.165, 1.54) is 12.8 Å². The molecule has 0 aromatic carbocycles. The molecule has 0 bridgehead atoms. The van der Waals surface area contributed by atoms with Gasteiger partial charge in [0.05, 0.1) is 0 Å². The van der Waals surface area contributed by atoms with Gasteiger partial charge in [-0.05, 0) is 12.8 Å². The first-order chi connectivity index (χ1) is 9.48. The van der Waals surface area contributed by atoms with Crippen LogP contribution in [0.3, 0.4) is 0 Å². The van der Waals surface area contributed by atoms with Crippen LogP contribution in [0.25, 0.3) is 0 Å². The van der Waals surface area contributed by atoms with Gasteiger partial charge in [0.15, 0.2) is 5.82 Å². The predicted octanol–water partition coefficient (Wildman–Crippen LogP) is 3.25. The van der Waals surface area contributed by atoms with Crippen molar-refractivity contribution in [2.75, 3.05) is 19.0 Å². The highest BCUT2D eigenvalue weighted by atomic mass is 19.4. The molecule has 1 heterocycles. The minimum absolute atomic E-state index is 0.227. The van der Waals surface area contributed by atoms with Crippen LogP contribution in [0.15, 0.2) is 6.07 Å². The van der Waals surface area contributed by atoms with Crippen LogP contribution in [0, 0.1) is 0 Å². The predicted molar refractivity (Wildman–Crippen MR) is 68.5 cm³/mol. The van der Waals surface area contributed by atoms with Crippen molar-refractivity contribution >= 4 is 5.82 Å². The third kappa shape index (κ3) is 4.33. The van der Waals surface area contributed by atoms with E-state index in [1.54, 1.807) is 7.05 Å². The van der Waals surface area contributed by atoms with E-state index in [0.717, 1.165) is 18.5 Å². The fourth-order valence-corrected chi connectivity index (χ4v) is 2.40. The summed E-state index contributed by atoms with van der Waals surface area (Å²) in [6, 6.07) is 1.86. The first-order valence-electron chi connectivity index (χ1n) is 6.68. The Labute approximate surface area is 115 Å². The number of alkyl halides is 3. The van der Waals surface area contributed by atoms with E-state index < -0.39 is 12.8 Å². The molecule has 1 saturated carbocycles. The van der Waals surface area contributed by atoms with Crippen molar-refractivity contribution in [2.24, 2.45) is 0 Å². The van der Waals surface area contributed by atoms with E-state index in [1.807, 2.05) is 6.07 Å². The van der Waals surface area contributed by atoms with E-state index >= 15 is 0 Å². The van der Waals surface area contributed by atoms with Gasteiger partial charge in [0.25, 0.3) is 0 Å². The van der Waals surface area contributed by atoms with Gasteiger partial charge in [0, 0.05) is 24.7 Å². The first kappa shape index (κ1) is 15.0. The Morgan fingerprint density at radius 1 is 1.30 bits per heavy atom. The van der Waals surface area contributed by atoms with Gasteiger partial charge in [-0.1, -0.05) is 12.8 Å². The third-order valence-electron chi connectivity index (χ3n) is 3.32. The topological polar surface area (TPSA) is 47.0 Å². The number of anilines is 1. The van der Waals surface area contributed by atoms with Gasteiger partial charge in [-0.25, -0.2) is 9.97 Å². The fourth-order valence-electron chi connectivity index (χ4n) is 2.40. The standard InChI is InChI=1S/C13H18F3N3O/c1-17-11-6-10(9-4-2-3-5-9)18-12(19-11)7-20-8-13(14,15)16/h6,9H,2-5,7-8H2,1H3,(H,17,18,19). The van der Waals surface area contributed by atoms with Gasteiger partial charge in [0.2, 0.25) is 0 Å². The average molecular weight is 289 g/mol. The molecule has 7 heteroatoms. The molecule has 2 rings (SSSR count). The van der Waals surface area contributed by atoms with Crippen LogP contribution >= 0.6 is 0 Å². The van der Waals surface area contributed by atoms with Gasteiger partial charge in [-0.2, -0.15) is 13.2 Å². The molecule has 1 aromatic rings. The molecule has 4 nitrogen and oxygen atoms in total. The summed E-state index contributed by atoms with van der Waals surface area (Å²) in [4.78, 5) is 8.47. The number of hydrogen-bond donors (Lipinski definition) is 1. The lowest BCUT2D eigenvalue weighted by Crippen LogP contribution is -2.17. The molecule has 0 amide bonds. The molecule has 0 radical (unpaired) electrons. The minimum atomic E-state index is -4.32. The van der Waals surface area contributed by atoms with Crippen molar-refractivity contribution in [1.29, 1.82) is 0 Å². The average Bonchev–Trinajstić information content (AvgIpc) is 2.90. The number of nitrogens with one attached hydrogen (secondary N) is 1. The zero-order valence-electron chi connectivity index (χ0n) is 11.3. The molecule has 0 aliphatic heterocycles. The molecule has 0 atom stereocenters. The van der Waals surface area contributed by atoms with Crippen molar-refractivity contribution in [3.63, 3.8) is 0 Å². The molecule has 1 aliphatic carbocycles. The summed E-state index contributed by atoms with van der Waals surface area (Å²) in [5.74, 6) is 1.29. The summed E-state index contributed by atoms with van der Waals surface area (Å²) in [7, 11) is 1.72. The SMILES string of the molecule is CNc1cc(C2CCCC2)nc(COCC(F)(F)F)n1. The molecule has 1 fully saturated rings. The number of aromatic nitrogens is 2. The molecule has 1 N–H and O–H groups in total. The van der Waals surface area contributed by atoms with E-state index in [9.17, 15) is 13.2 Å². The second kappa shape index (κ2) is 6.39. The van der Waals surface area contributed by atoms with Crippen molar-refractivity contribution in [1.82, 2.24) is 9.97 Å². The molecule has 0 spiro atoms. The summed E-state index contributed by atoms with van der Waals surface area (Å²) in [5.41, 5.74) is 0.896. The summed E-state index contributed by atoms with van der Waals surface area (Å²) in [6.07, 6.45) is 0.161. The fraction of sp³-hybridized carbons (Fsp3) is 0.692. The van der Waals surface area contributed by atoms with E-state index in [0.29, 0.717) is 17.6 Å². The maximum Gasteiger partial charge on any atom is 0.411 e. The highest BCUT2D eigenvalue weighted by Gasteiger charge is 2.27. The lowest BCUT2D eigenvalue weighted by Gasteiger charge is -2.13. The molecule has 1 aromatic heterocycles. The van der Waals surface area contributed by atoms with Crippen molar-refractivity contribution < 1.29 is 17.9 Å². The maximum absolute atomic E-state index is 12.1. The first-order valence-corrected chi connectivity index (χ1v) is 6.68. The molecular formula is C13H18F3N3O. The largest absolute Gasteiger partial charge is 0.411 e. The van der Waals surface area contributed by atoms with Gasteiger partial charge in [-0.15, -0.1) is 0 Å². The molecule has 20 heavy (non-hydrogen) atoms. The van der Waals surface area contributed by atoms with Crippen LogP contribution in [0.5, 0.6) is 0 Å². The van der Waals surface area contributed by atoms with Crippen molar-refractivity contribution in [2.45, 2.75) is 44.4 Å². The Morgan fingerprint density at radius 2 is 2.00 bits per heavy atom. The maximum atomic E-state index is 12.1. The second-order valence-electron chi connectivity index (χ2n) is 4.93. The minimum Gasteiger partial charge on any atom is -0.373 e. The van der Waals surface area contributed by atoms with E-state index in [4.69, 9.17) is 0 Å². The van der Waals surface area contributed by atoms with Crippen LogP contribution < -0.4 is 5.32 Å². The molecule has 0 saturated heterocycles. The summed E-state index contributed by atoms with van der Waals surface area (Å²) in [5, 5.41) is 2.91. The monoisotopic (exact) mass is 289 g/mol. The van der Waals surface area contributed by atoms with Gasteiger partial charge in [0.1, 0.15) is 19.0 Å². The second-order valence-corrected chi connectivity index (χ2v) is 4.93. The summed E-state index contributed by atoms with van der Waals surface area (Å²) in [6.45, 7) is -1.51. The Hall–Kier alpha value is -1.37. The number of ether oxygens (including phenoxy) is 1. The van der Waals surface area contributed by atoms with Gasteiger partial charge >= 0.3 is 6.18 Å². The molecule has 112 valence electrons. The quantitative estimate of drug-likeness (QED) is 0.904. The van der Waals surface area contributed by atoms with Crippen LogP contribution in [0.2, 0.25) is 0 Å². The third-order valence-corrected chi connectivity index (χ3v) is 3.32.